The van der Waals surface area contributed by atoms with Crippen LogP contribution in [0.2, 0.25) is 0 Å². The van der Waals surface area contributed by atoms with Gasteiger partial charge in [0.1, 0.15) is 0 Å². The van der Waals surface area contributed by atoms with E-state index in [1.165, 1.54) is 43.2 Å². The minimum absolute atomic E-state index is 0.330. The van der Waals surface area contributed by atoms with E-state index in [1.807, 2.05) is 0 Å². The monoisotopic (exact) mass is 231 g/mol. The number of hydrogen-bond donors (Lipinski definition) is 1. The summed E-state index contributed by atoms with van der Waals surface area (Å²) in [6, 6.07) is 8.98. The summed E-state index contributed by atoms with van der Waals surface area (Å²) in [4.78, 5) is 0. The van der Waals surface area contributed by atoms with Crippen molar-refractivity contribution in [3.05, 3.63) is 35.4 Å². The second kappa shape index (κ2) is 5.22. The van der Waals surface area contributed by atoms with Crippen LogP contribution < -0.4 is 5.73 Å². The molecule has 94 valence electrons. The second-order valence-electron chi connectivity index (χ2n) is 5.66. The van der Waals surface area contributed by atoms with Gasteiger partial charge in [0.15, 0.2) is 0 Å². The second-order valence-corrected chi connectivity index (χ2v) is 5.66. The van der Waals surface area contributed by atoms with E-state index in [0.29, 0.717) is 11.5 Å². The quantitative estimate of drug-likeness (QED) is 0.837. The van der Waals surface area contributed by atoms with E-state index in [0.717, 1.165) is 6.42 Å². The van der Waals surface area contributed by atoms with Crippen molar-refractivity contribution in [3.8, 4) is 0 Å². The van der Waals surface area contributed by atoms with Crippen LogP contribution in [0.1, 0.15) is 50.2 Å². The first-order chi connectivity index (χ1) is 8.18. The van der Waals surface area contributed by atoms with Crippen molar-refractivity contribution in [1.82, 2.24) is 0 Å². The summed E-state index contributed by atoms with van der Waals surface area (Å²) in [6.07, 6.45) is 7.68. The summed E-state index contributed by atoms with van der Waals surface area (Å²) in [7, 11) is 0. The molecule has 1 aliphatic carbocycles. The van der Waals surface area contributed by atoms with Crippen LogP contribution in [-0.4, -0.2) is 6.04 Å². The summed E-state index contributed by atoms with van der Waals surface area (Å²) >= 11 is 0. The average molecular weight is 231 g/mol. The molecule has 1 aliphatic rings. The minimum Gasteiger partial charge on any atom is -0.327 e. The Morgan fingerprint density at radius 1 is 1.24 bits per heavy atom. The summed E-state index contributed by atoms with van der Waals surface area (Å²) in [5.41, 5.74) is 9.76. The smallest absolute Gasteiger partial charge is 0.0136 e. The molecular weight excluding hydrogens is 206 g/mol. The molecule has 1 saturated carbocycles. The highest BCUT2D eigenvalue weighted by atomic mass is 14.7. The number of aryl methyl sites for hydroxylation is 1. The molecule has 17 heavy (non-hydrogen) atoms. The van der Waals surface area contributed by atoms with Crippen LogP contribution in [0.25, 0.3) is 0 Å². The SMILES string of the molecule is CCC1(C(N)Cc2ccccc2C)CCCC1. The van der Waals surface area contributed by atoms with E-state index in [4.69, 9.17) is 5.73 Å². The molecule has 0 bridgehead atoms. The first-order valence-corrected chi connectivity index (χ1v) is 6.98. The molecule has 0 radical (unpaired) electrons. The van der Waals surface area contributed by atoms with E-state index < -0.39 is 0 Å². The van der Waals surface area contributed by atoms with Crippen LogP contribution in [0.4, 0.5) is 0 Å². The molecule has 0 aliphatic heterocycles. The maximum Gasteiger partial charge on any atom is 0.0136 e. The standard InChI is InChI=1S/C16H25N/c1-3-16(10-6-7-11-16)15(17)12-14-9-5-4-8-13(14)2/h4-5,8-9,15H,3,6-7,10-12,17H2,1-2H3. The third kappa shape index (κ3) is 2.55. The van der Waals surface area contributed by atoms with Crippen molar-refractivity contribution >= 4 is 0 Å². The van der Waals surface area contributed by atoms with Crippen molar-refractivity contribution < 1.29 is 0 Å². The van der Waals surface area contributed by atoms with Crippen molar-refractivity contribution in [2.24, 2.45) is 11.1 Å². The van der Waals surface area contributed by atoms with Gasteiger partial charge < -0.3 is 5.73 Å². The van der Waals surface area contributed by atoms with Gasteiger partial charge >= 0.3 is 0 Å². The van der Waals surface area contributed by atoms with Gasteiger partial charge in [-0.1, -0.05) is 44.0 Å². The molecule has 0 saturated heterocycles. The van der Waals surface area contributed by atoms with Crippen molar-refractivity contribution in [2.75, 3.05) is 0 Å². The molecule has 1 heteroatoms. The highest BCUT2D eigenvalue weighted by Crippen LogP contribution is 2.44. The van der Waals surface area contributed by atoms with Gasteiger partial charge in [-0.15, -0.1) is 0 Å². The first kappa shape index (κ1) is 12.6. The zero-order valence-electron chi connectivity index (χ0n) is 11.2. The fourth-order valence-corrected chi connectivity index (χ4v) is 3.36. The first-order valence-electron chi connectivity index (χ1n) is 6.98. The molecule has 0 heterocycles. The molecule has 0 aromatic heterocycles. The lowest BCUT2D eigenvalue weighted by Crippen LogP contribution is -2.41. The molecule has 1 fully saturated rings. The Morgan fingerprint density at radius 2 is 1.88 bits per heavy atom. The third-order valence-corrected chi connectivity index (χ3v) is 4.79. The van der Waals surface area contributed by atoms with Crippen molar-refractivity contribution in [1.29, 1.82) is 0 Å². The fraction of sp³-hybridized carbons (Fsp3) is 0.625. The van der Waals surface area contributed by atoms with Gasteiger partial charge in [-0.2, -0.15) is 0 Å². The van der Waals surface area contributed by atoms with Gasteiger partial charge in [0.05, 0.1) is 0 Å². The predicted molar refractivity (Wildman–Crippen MR) is 74.1 cm³/mol. The summed E-state index contributed by atoms with van der Waals surface area (Å²) in [5, 5.41) is 0. The Morgan fingerprint density at radius 3 is 2.47 bits per heavy atom. The van der Waals surface area contributed by atoms with Crippen molar-refractivity contribution in [2.45, 2.75) is 58.4 Å². The van der Waals surface area contributed by atoms with Crippen LogP contribution in [-0.2, 0) is 6.42 Å². The lowest BCUT2D eigenvalue weighted by molar-refractivity contribution is 0.218. The Bertz CT molecular complexity index is 364. The molecule has 1 aromatic rings. The molecule has 1 atom stereocenters. The van der Waals surface area contributed by atoms with Crippen LogP contribution in [0.3, 0.4) is 0 Å². The van der Waals surface area contributed by atoms with Gasteiger partial charge in [0, 0.05) is 6.04 Å². The predicted octanol–water partition coefficient (Wildman–Crippen LogP) is 3.84. The third-order valence-electron chi connectivity index (χ3n) is 4.79. The molecule has 0 amide bonds. The van der Waals surface area contributed by atoms with Crippen LogP contribution in [0.5, 0.6) is 0 Å². The highest BCUT2D eigenvalue weighted by molar-refractivity contribution is 5.26. The Labute approximate surface area is 105 Å². The Balaban J connectivity index is 2.10. The van der Waals surface area contributed by atoms with Gasteiger partial charge in [-0.25, -0.2) is 0 Å². The summed E-state index contributed by atoms with van der Waals surface area (Å²) < 4.78 is 0. The molecule has 1 unspecified atom stereocenters. The Kier molecular flexibility index (Phi) is 3.88. The normalized spacial score (nSPS) is 20.4. The summed E-state index contributed by atoms with van der Waals surface area (Å²) in [5.74, 6) is 0. The summed E-state index contributed by atoms with van der Waals surface area (Å²) in [6.45, 7) is 4.50. The van der Waals surface area contributed by atoms with Gasteiger partial charge in [-0.05, 0) is 49.1 Å². The zero-order valence-corrected chi connectivity index (χ0v) is 11.2. The van der Waals surface area contributed by atoms with E-state index in [1.54, 1.807) is 0 Å². The molecule has 2 N–H and O–H groups in total. The topological polar surface area (TPSA) is 26.0 Å². The number of nitrogens with two attached hydrogens (primary N) is 1. The molecule has 1 nitrogen and oxygen atoms in total. The number of benzene rings is 1. The van der Waals surface area contributed by atoms with Crippen molar-refractivity contribution in [3.63, 3.8) is 0 Å². The van der Waals surface area contributed by atoms with Crippen LogP contribution in [0.15, 0.2) is 24.3 Å². The maximum absolute atomic E-state index is 6.53. The van der Waals surface area contributed by atoms with E-state index >= 15 is 0 Å². The van der Waals surface area contributed by atoms with Gasteiger partial charge in [0.25, 0.3) is 0 Å². The minimum atomic E-state index is 0.330. The lowest BCUT2D eigenvalue weighted by atomic mass is 9.74. The van der Waals surface area contributed by atoms with E-state index in [-0.39, 0.29) is 0 Å². The Hall–Kier alpha value is -0.820. The maximum atomic E-state index is 6.53. The molecule has 0 spiro atoms. The fourth-order valence-electron chi connectivity index (χ4n) is 3.36. The van der Waals surface area contributed by atoms with E-state index in [2.05, 4.69) is 38.1 Å². The molecule has 1 aromatic carbocycles. The zero-order chi connectivity index (χ0) is 12.3. The largest absolute Gasteiger partial charge is 0.327 e. The van der Waals surface area contributed by atoms with Gasteiger partial charge in [0.2, 0.25) is 0 Å². The van der Waals surface area contributed by atoms with Crippen LogP contribution >= 0.6 is 0 Å². The van der Waals surface area contributed by atoms with Crippen LogP contribution in [0, 0.1) is 12.3 Å². The lowest BCUT2D eigenvalue weighted by Gasteiger charge is -2.34. The van der Waals surface area contributed by atoms with Gasteiger partial charge in [-0.3, -0.25) is 0 Å². The molecule has 2 rings (SSSR count). The number of hydrogen-bond acceptors (Lipinski definition) is 1. The highest BCUT2D eigenvalue weighted by Gasteiger charge is 2.37. The molecular formula is C16H25N. The van der Waals surface area contributed by atoms with E-state index in [9.17, 15) is 0 Å². The number of rotatable bonds is 4. The average Bonchev–Trinajstić information content (AvgIpc) is 2.82.